The van der Waals surface area contributed by atoms with Gasteiger partial charge in [0, 0.05) is 15.8 Å². The molecule has 0 radical (unpaired) electrons. The first-order chi connectivity index (χ1) is 8.56. The monoisotopic (exact) mass is 307 g/mol. The Hall–Kier alpha value is -0.420. The molecule has 0 aliphatic heterocycles. The lowest BCUT2D eigenvalue weighted by molar-refractivity contribution is -0.142. The van der Waals surface area contributed by atoms with Gasteiger partial charge in [-0.2, -0.15) is 11.8 Å². The number of hydrogen-bond acceptors (Lipinski definition) is 4. The van der Waals surface area contributed by atoms with E-state index < -0.39 is 6.04 Å². The molecule has 100 valence electrons. The van der Waals surface area contributed by atoms with Crippen LogP contribution in [0, 0.1) is 0 Å². The highest BCUT2D eigenvalue weighted by atomic mass is 35.5. The van der Waals surface area contributed by atoms with Crippen LogP contribution in [0.1, 0.15) is 12.0 Å². The van der Waals surface area contributed by atoms with Crippen LogP contribution in [0.5, 0.6) is 0 Å². The van der Waals surface area contributed by atoms with Gasteiger partial charge in [0.05, 0.1) is 7.11 Å². The molecule has 1 aromatic carbocycles. The lowest BCUT2D eigenvalue weighted by atomic mass is 10.2. The van der Waals surface area contributed by atoms with Crippen molar-refractivity contribution in [1.82, 2.24) is 0 Å². The van der Waals surface area contributed by atoms with E-state index in [9.17, 15) is 4.79 Å². The number of esters is 1. The fourth-order valence-corrected chi connectivity index (χ4v) is 3.09. The largest absolute Gasteiger partial charge is 0.468 e. The SMILES string of the molecule is COC(=O)C(N)CCSCc1c(Cl)cccc1Cl. The normalized spacial score (nSPS) is 12.2. The van der Waals surface area contributed by atoms with Crippen molar-refractivity contribution < 1.29 is 9.53 Å². The number of thioether (sulfide) groups is 1. The first kappa shape index (κ1) is 15.6. The topological polar surface area (TPSA) is 52.3 Å². The second-order valence-electron chi connectivity index (χ2n) is 3.67. The molecular formula is C12H15Cl2NO2S. The molecule has 2 N–H and O–H groups in total. The Bertz CT molecular complexity index is 395. The Morgan fingerprint density at radius 2 is 2.06 bits per heavy atom. The molecule has 0 fully saturated rings. The minimum Gasteiger partial charge on any atom is -0.468 e. The average Bonchev–Trinajstić information content (AvgIpc) is 2.36. The van der Waals surface area contributed by atoms with Crippen molar-refractivity contribution in [2.24, 2.45) is 5.73 Å². The van der Waals surface area contributed by atoms with Gasteiger partial charge in [-0.3, -0.25) is 4.79 Å². The van der Waals surface area contributed by atoms with Crippen LogP contribution >= 0.6 is 35.0 Å². The van der Waals surface area contributed by atoms with E-state index in [0.29, 0.717) is 22.2 Å². The van der Waals surface area contributed by atoms with Gasteiger partial charge >= 0.3 is 5.97 Å². The standard InChI is InChI=1S/C12H15Cl2NO2S/c1-17-12(16)11(15)5-6-18-7-8-9(13)3-2-4-10(8)14/h2-4,11H,5-7,15H2,1H3. The average molecular weight is 308 g/mol. The van der Waals surface area contributed by atoms with Crippen molar-refractivity contribution in [1.29, 1.82) is 0 Å². The summed E-state index contributed by atoms with van der Waals surface area (Å²) in [7, 11) is 1.33. The number of hydrogen-bond donors (Lipinski definition) is 1. The molecule has 0 aromatic heterocycles. The van der Waals surface area contributed by atoms with Crippen molar-refractivity contribution in [3.05, 3.63) is 33.8 Å². The van der Waals surface area contributed by atoms with Gasteiger partial charge in [-0.25, -0.2) is 0 Å². The number of nitrogens with two attached hydrogens (primary N) is 1. The summed E-state index contributed by atoms with van der Waals surface area (Å²) in [6, 6.07) is 4.86. The van der Waals surface area contributed by atoms with Crippen molar-refractivity contribution in [2.45, 2.75) is 18.2 Å². The summed E-state index contributed by atoms with van der Waals surface area (Å²) >= 11 is 13.7. The Morgan fingerprint density at radius 3 is 2.61 bits per heavy atom. The summed E-state index contributed by atoms with van der Waals surface area (Å²) < 4.78 is 4.55. The van der Waals surface area contributed by atoms with E-state index in [4.69, 9.17) is 28.9 Å². The predicted molar refractivity (Wildman–Crippen MR) is 77.2 cm³/mol. The van der Waals surface area contributed by atoms with Gasteiger partial charge in [-0.15, -0.1) is 0 Å². The third kappa shape index (κ3) is 4.69. The smallest absolute Gasteiger partial charge is 0.322 e. The number of methoxy groups -OCH3 is 1. The second kappa shape index (κ2) is 7.89. The molecule has 3 nitrogen and oxygen atoms in total. The first-order valence-corrected chi connectivity index (χ1v) is 7.31. The maximum Gasteiger partial charge on any atom is 0.322 e. The summed E-state index contributed by atoms with van der Waals surface area (Å²) in [6.45, 7) is 0. The zero-order valence-corrected chi connectivity index (χ0v) is 12.3. The molecule has 1 aromatic rings. The molecule has 0 amide bonds. The number of rotatable bonds is 6. The highest BCUT2D eigenvalue weighted by molar-refractivity contribution is 7.98. The molecule has 1 unspecified atom stereocenters. The molecule has 6 heteroatoms. The lowest BCUT2D eigenvalue weighted by Crippen LogP contribution is -2.31. The van der Waals surface area contributed by atoms with Gasteiger partial charge in [0.15, 0.2) is 0 Å². The Kier molecular flexibility index (Phi) is 6.86. The van der Waals surface area contributed by atoms with Crippen LogP contribution in [0.15, 0.2) is 18.2 Å². The van der Waals surface area contributed by atoms with Crippen LogP contribution in [0.3, 0.4) is 0 Å². The predicted octanol–water partition coefficient (Wildman–Crippen LogP) is 3.12. The Morgan fingerprint density at radius 1 is 1.44 bits per heavy atom. The van der Waals surface area contributed by atoms with Crippen molar-refractivity contribution in [2.75, 3.05) is 12.9 Å². The molecule has 0 saturated carbocycles. The summed E-state index contributed by atoms with van der Waals surface area (Å²) in [5.41, 5.74) is 6.54. The summed E-state index contributed by atoms with van der Waals surface area (Å²) in [5.74, 6) is 1.07. The molecule has 0 spiro atoms. The minimum absolute atomic E-state index is 0.383. The maximum atomic E-state index is 11.1. The van der Waals surface area contributed by atoms with Gasteiger partial charge in [-0.05, 0) is 29.9 Å². The van der Waals surface area contributed by atoms with Gasteiger partial charge in [0.1, 0.15) is 6.04 Å². The highest BCUT2D eigenvalue weighted by Crippen LogP contribution is 2.28. The van der Waals surface area contributed by atoms with Gasteiger partial charge in [0.25, 0.3) is 0 Å². The van der Waals surface area contributed by atoms with Crippen LogP contribution in [-0.2, 0) is 15.3 Å². The zero-order chi connectivity index (χ0) is 13.5. The molecule has 0 heterocycles. The van der Waals surface area contributed by atoms with Gasteiger partial charge < -0.3 is 10.5 Å². The molecule has 0 bridgehead atoms. The third-order valence-corrected chi connectivity index (χ3v) is 4.11. The van der Waals surface area contributed by atoms with Crippen LogP contribution in [0.25, 0.3) is 0 Å². The van der Waals surface area contributed by atoms with Crippen molar-refractivity contribution >= 4 is 40.9 Å². The summed E-state index contributed by atoms with van der Waals surface area (Å²) in [5, 5.41) is 1.32. The number of carbonyl (C=O) groups is 1. The lowest BCUT2D eigenvalue weighted by Gasteiger charge is -2.09. The number of carbonyl (C=O) groups excluding carboxylic acids is 1. The minimum atomic E-state index is -0.566. The molecule has 0 aliphatic rings. The Balaban J connectivity index is 2.36. The fraction of sp³-hybridized carbons (Fsp3) is 0.417. The van der Waals surface area contributed by atoms with Crippen LogP contribution < -0.4 is 5.73 Å². The van der Waals surface area contributed by atoms with Crippen molar-refractivity contribution in [3.8, 4) is 0 Å². The molecule has 1 rings (SSSR count). The van der Waals surface area contributed by atoms with Gasteiger partial charge in [0.2, 0.25) is 0 Å². The van der Waals surface area contributed by atoms with Gasteiger partial charge in [-0.1, -0.05) is 29.3 Å². The van der Waals surface area contributed by atoms with E-state index in [1.807, 2.05) is 18.2 Å². The van der Waals surface area contributed by atoms with Crippen LogP contribution in [0.4, 0.5) is 0 Å². The van der Waals surface area contributed by atoms with Crippen LogP contribution in [0.2, 0.25) is 10.0 Å². The van der Waals surface area contributed by atoms with Crippen LogP contribution in [-0.4, -0.2) is 24.9 Å². The van der Waals surface area contributed by atoms with E-state index in [-0.39, 0.29) is 5.97 Å². The number of ether oxygens (including phenoxy) is 1. The first-order valence-electron chi connectivity index (χ1n) is 5.40. The molecule has 18 heavy (non-hydrogen) atoms. The maximum absolute atomic E-state index is 11.1. The summed E-state index contributed by atoms with van der Waals surface area (Å²) in [4.78, 5) is 11.1. The molecular weight excluding hydrogens is 293 g/mol. The van der Waals surface area contributed by atoms with E-state index in [0.717, 1.165) is 11.3 Å². The molecule has 0 saturated heterocycles. The second-order valence-corrected chi connectivity index (χ2v) is 5.59. The number of halogens is 2. The summed E-state index contributed by atoms with van der Waals surface area (Å²) in [6.07, 6.45) is 0.569. The van der Waals surface area contributed by atoms with E-state index >= 15 is 0 Å². The van der Waals surface area contributed by atoms with E-state index in [2.05, 4.69) is 4.74 Å². The van der Waals surface area contributed by atoms with E-state index in [1.165, 1.54) is 7.11 Å². The molecule has 0 aliphatic carbocycles. The zero-order valence-electron chi connectivity index (χ0n) is 9.99. The number of benzene rings is 1. The highest BCUT2D eigenvalue weighted by Gasteiger charge is 2.13. The third-order valence-electron chi connectivity index (χ3n) is 2.39. The van der Waals surface area contributed by atoms with Crippen molar-refractivity contribution in [3.63, 3.8) is 0 Å². The molecule has 1 atom stereocenters. The Labute approximate surface area is 121 Å². The van der Waals surface area contributed by atoms with E-state index in [1.54, 1.807) is 11.8 Å². The fourth-order valence-electron chi connectivity index (χ4n) is 1.32. The quantitative estimate of drug-likeness (QED) is 0.648.